The van der Waals surface area contributed by atoms with Gasteiger partial charge in [-0.3, -0.25) is 34.2 Å². The Hall–Kier alpha value is -4.57. The summed E-state index contributed by atoms with van der Waals surface area (Å²) in [4.78, 5) is 77.2. The number of hydrogen-bond donors (Lipinski definition) is 10. The van der Waals surface area contributed by atoms with Crippen LogP contribution in [-0.2, 0) is 35.2 Å². The van der Waals surface area contributed by atoms with Crippen LogP contribution in [0.3, 0.4) is 0 Å². The molecule has 0 saturated carbocycles. The van der Waals surface area contributed by atoms with E-state index >= 15 is 0 Å². The van der Waals surface area contributed by atoms with Crippen molar-refractivity contribution >= 4 is 41.3 Å². The highest BCUT2D eigenvalue weighted by Crippen LogP contribution is 2.09. The molecule has 5 amide bonds. The van der Waals surface area contributed by atoms with Gasteiger partial charge in [-0.1, -0.05) is 44.2 Å². The summed E-state index contributed by atoms with van der Waals surface area (Å²) in [6.45, 7) is 5.80. The predicted octanol–water partition coefficient (Wildman–Crippen LogP) is -1.70. The Bertz CT molecular complexity index is 1230. The van der Waals surface area contributed by atoms with Gasteiger partial charge >= 0.3 is 0 Å². The number of aliphatic hydroxyl groups excluding tert-OH is 1. The smallest absolute Gasteiger partial charge is 0.245 e. The SMILES string of the molecule is CC(=O)N[C@@H](CCCCN)C(=O)N[C@@H](CCCNC(=N)N)C(=O)NC(C(=O)N[C@@H](CO)C(=O)N[C@@H](Cc1ccccc1)C(C)=O)C(C)C. The molecule has 1 rings (SSSR count). The van der Waals surface area contributed by atoms with E-state index < -0.39 is 72.3 Å². The molecule has 0 aliphatic heterocycles. The van der Waals surface area contributed by atoms with E-state index in [-0.39, 0.29) is 31.1 Å². The van der Waals surface area contributed by atoms with Gasteiger partial charge in [0.1, 0.15) is 24.2 Å². The summed E-state index contributed by atoms with van der Waals surface area (Å²) in [5, 5.41) is 32.9. The van der Waals surface area contributed by atoms with Crippen molar-refractivity contribution in [3.63, 3.8) is 0 Å². The van der Waals surface area contributed by atoms with E-state index in [1.807, 2.05) is 6.07 Å². The van der Waals surface area contributed by atoms with Crippen LogP contribution in [0.4, 0.5) is 0 Å². The van der Waals surface area contributed by atoms with Gasteiger partial charge in [-0.25, -0.2) is 0 Å². The average Bonchev–Trinajstić information content (AvgIpc) is 3.02. The normalized spacial score (nSPS) is 14.0. The zero-order chi connectivity index (χ0) is 36.2. The molecule has 268 valence electrons. The molecule has 0 heterocycles. The van der Waals surface area contributed by atoms with Crippen molar-refractivity contribution in [2.75, 3.05) is 19.7 Å². The Morgan fingerprint density at radius 2 is 1.29 bits per heavy atom. The molecule has 1 aromatic rings. The van der Waals surface area contributed by atoms with Crippen LogP contribution in [0.15, 0.2) is 30.3 Å². The first-order chi connectivity index (χ1) is 22.7. The number of nitrogens with one attached hydrogen (secondary N) is 7. The maximum absolute atomic E-state index is 13.6. The van der Waals surface area contributed by atoms with E-state index in [0.717, 1.165) is 5.56 Å². The molecule has 0 aromatic heterocycles. The number of guanidine groups is 1. The molecule has 16 heteroatoms. The third kappa shape index (κ3) is 15.8. The number of hydrogen-bond acceptors (Lipinski definition) is 9. The zero-order valence-corrected chi connectivity index (χ0v) is 28.3. The Kier molecular flexibility index (Phi) is 19.1. The lowest BCUT2D eigenvalue weighted by Crippen LogP contribution is -2.60. The molecule has 16 nitrogen and oxygen atoms in total. The number of unbranched alkanes of at least 4 members (excludes halogenated alkanes) is 1. The highest BCUT2D eigenvalue weighted by atomic mass is 16.3. The largest absolute Gasteiger partial charge is 0.394 e. The molecule has 0 aliphatic carbocycles. The van der Waals surface area contributed by atoms with Crippen molar-refractivity contribution in [3.8, 4) is 0 Å². The number of amides is 5. The molecule has 0 spiro atoms. The second-order valence-electron chi connectivity index (χ2n) is 11.9. The second kappa shape index (κ2) is 22.1. The summed E-state index contributed by atoms with van der Waals surface area (Å²) in [5.74, 6) is -4.34. The Morgan fingerprint density at radius 3 is 1.83 bits per heavy atom. The number of ketones is 1. The lowest BCUT2D eigenvalue weighted by atomic mass is 10.0. The minimum Gasteiger partial charge on any atom is -0.394 e. The summed E-state index contributed by atoms with van der Waals surface area (Å²) in [5.41, 5.74) is 11.7. The van der Waals surface area contributed by atoms with Gasteiger partial charge in [0.25, 0.3) is 0 Å². The summed E-state index contributed by atoms with van der Waals surface area (Å²) in [6.07, 6.45) is 2.09. The lowest BCUT2D eigenvalue weighted by molar-refractivity contribution is -0.136. The molecule has 0 saturated heterocycles. The Balaban J connectivity index is 3.08. The molecule has 1 aromatic carbocycles. The van der Waals surface area contributed by atoms with E-state index in [2.05, 4.69) is 31.9 Å². The Morgan fingerprint density at radius 1 is 0.750 bits per heavy atom. The van der Waals surface area contributed by atoms with Crippen molar-refractivity contribution in [3.05, 3.63) is 35.9 Å². The first-order valence-corrected chi connectivity index (χ1v) is 16.1. The molecule has 1 unspecified atom stereocenters. The molecule has 5 atom stereocenters. The van der Waals surface area contributed by atoms with Crippen LogP contribution < -0.4 is 43.4 Å². The monoisotopic (exact) mass is 675 g/mol. The Labute approximate surface area is 281 Å². The van der Waals surface area contributed by atoms with E-state index in [0.29, 0.717) is 32.2 Å². The van der Waals surface area contributed by atoms with Crippen LogP contribution >= 0.6 is 0 Å². The van der Waals surface area contributed by atoms with Crippen LogP contribution in [0, 0.1) is 11.3 Å². The van der Waals surface area contributed by atoms with Gasteiger partial charge in [0.2, 0.25) is 29.5 Å². The number of carbonyl (C=O) groups is 6. The van der Waals surface area contributed by atoms with Crippen LogP contribution in [0.25, 0.3) is 0 Å². The quantitative estimate of drug-likeness (QED) is 0.0378. The van der Waals surface area contributed by atoms with Crippen LogP contribution in [0.5, 0.6) is 0 Å². The van der Waals surface area contributed by atoms with Gasteiger partial charge in [0.15, 0.2) is 11.7 Å². The van der Waals surface area contributed by atoms with Crippen molar-refractivity contribution in [2.45, 2.75) is 96.4 Å². The molecular weight excluding hydrogens is 622 g/mol. The first kappa shape index (κ1) is 41.5. The molecule has 0 fully saturated rings. The third-order valence-electron chi connectivity index (χ3n) is 7.41. The number of carbonyl (C=O) groups excluding carboxylic acids is 6. The number of aliphatic hydroxyl groups is 1. The highest BCUT2D eigenvalue weighted by molar-refractivity contribution is 5.96. The molecule has 0 bridgehead atoms. The fraction of sp³-hybridized carbons (Fsp3) is 0.594. The van der Waals surface area contributed by atoms with Gasteiger partial charge in [-0.15, -0.1) is 0 Å². The number of nitrogens with two attached hydrogens (primary N) is 2. The lowest BCUT2D eigenvalue weighted by Gasteiger charge is -2.28. The van der Waals surface area contributed by atoms with Gasteiger partial charge in [-0.2, -0.15) is 0 Å². The van der Waals surface area contributed by atoms with Gasteiger partial charge in [0.05, 0.1) is 12.6 Å². The molecule has 12 N–H and O–H groups in total. The maximum atomic E-state index is 13.6. The molecule has 48 heavy (non-hydrogen) atoms. The summed E-state index contributed by atoms with van der Waals surface area (Å²) in [6, 6.07) is 3.47. The summed E-state index contributed by atoms with van der Waals surface area (Å²) in [7, 11) is 0. The average molecular weight is 676 g/mol. The molecule has 0 radical (unpaired) electrons. The minimum atomic E-state index is -1.42. The van der Waals surface area contributed by atoms with Crippen molar-refractivity contribution in [1.29, 1.82) is 5.41 Å². The zero-order valence-electron chi connectivity index (χ0n) is 28.3. The first-order valence-electron chi connectivity index (χ1n) is 16.1. The van der Waals surface area contributed by atoms with Crippen molar-refractivity contribution in [1.82, 2.24) is 31.9 Å². The van der Waals surface area contributed by atoms with Gasteiger partial charge in [0, 0.05) is 13.5 Å². The fourth-order valence-electron chi connectivity index (χ4n) is 4.74. The molecular formula is C32H53N9O7. The van der Waals surface area contributed by atoms with Crippen molar-refractivity contribution < 1.29 is 33.9 Å². The topological polar surface area (TPSA) is 271 Å². The van der Waals surface area contributed by atoms with Gasteiger partial charge < -0.3 is 48.5 Å². The third-order valence-corrected chi connectivity index (χ3v) is 7.41. The maximum Gasteiger partial charge on any atom is 0.245 e. The van der Waals surface area contributed by atoms with E-state index in [9.17, 15) is 33.9 Å². The highest BCUT2D eigenvalue weighted by Gasteiger charge is 2.33. The van der Waals surface area contributed by atoms with Crippen LogP contribution in [0.1, 0.15) is 65.4 Å². The van der Waals surface area contributed by atoms with E-state index in [1.54, 1.807) is 38.1 Å². The molecule has 0 aliphatic rings. The van der Waals surface area contributed by atoms with Crippen molar-refractivity contribution in [2.24, 2.45) is 17.4 Å². The van der Waals surface area contributed by atoms with Gasteiger partial charge in [-0.05, 0) is 63.5 Å². The summed E-state index contributed by atoms with van der Waals surface area (Å²) >= 11 is 0. The van der Waals surface area contributed by atoms with Crippen LogP contribution in [0.2, 0.25) is 0 Å². The summed E-state index contributed by atoms with van der Waals surface area (Å²) < 4.78 is 0. The minimum absolute atomic E-state index is 0.0927. The van der Waals surface area contributed by atoms with Crippen LogP contribution in [-0.4, -0.2) is 96.3 Å². The van der Waals surface area contributed by atoms with E-state index in [1.165, 1.54) is 13.8 Å². The second-order valence-corrected chi connectivity index (χ2v) is 11.9. The number of Topliss-reactive ketones (excluding diaryl/α,β-unsaturated/α-hetero) is 1. The standard InChI is InChI=1S/C32H53N9O7/c1-19(2)27(31(48)40-26(18-42)30(47)39-25(20(3)43)17-22-11-6-5-7-12-22)41-29(46)24(14-10-16-36-32(34)35)38-28(45)23(37-21(4)44)13-8-9-15-33/h5-7,11-12,19,23-27,42H,8-10,13-18,33H2,1-4H3,(H,37,44)(H,38,45)(H,39,47)(H,40,48)(H,41,46)(H4,34,35,36)/t23-,24-,25-,26-,27?/m0/s1. The number of rotatable bonds is 22. The van der Waals surface area contributed by atoms with E-state index in [4.69, 9.17) is 16.9 Å². The predicted molar refractivity (Wildman–Crippen MR) is 180 cm³/mol. The fourth-order valence-corrected chi connectivity index (χ4v) is 4.74. The number of benzene rings is 1.